The van der Waals surface area contributed by atoms with Crippen molar-refractivity contribution in [3.8, 4) is 0 Å². The number of nitrogens with zero attached hydrogens (tertiary/aromatic N) is 3. The lowest BCUT2D eigenvalue weighted by Crippen LogP contribution is -2.25. The molecule has 1 aromatic rings. The van der Waals surface area contributed by atoms with Crippen molar-refractivity contribution in [3.63, 3.8) is 0 Å². The average molecular weight is 279 g/mol. The van der Waals surface area contributed by atoms with E-state index in [1.54, 1.807) is 12.4 Å². The Kier molecular flexibility index (Phi) is 7.95. The molecule has 1 rings (SSSR count). The van der Waals surface area contributed by atoms with Crippen molar-refractivity contribution in [2.45, 2.75) is 46.6 Å². The Balaban J connectivity index is 2.34. The molecule has 0 aliphatic rings. The maximum atomic E-state index is 4.48. The van der Waals surface area contributed by atoms with E-state index in [-0.39, 0.29) is 0 Å². The number of hydrogen-bond acceptors (Lipinski definition) is 5. The summed E-state index contributed by atoms with van der Waals surface area (Å²) in [5, 5.41) is 6.59. The molecule has 0 aliphatic heterocycles. The van der Waals surface area contributed by atoms with Gasteiger partial charge in [-0.1, -0.05) is 13.8 Å². The molecular formula is C15H29N5. The molecule has 0 bridgehead atoms. The molecule has 0 aromatic carbocycles. The molecule has 5 nitrogen and oxygen atoms in total. The van der Waals surface area contributed by atoms with Crippen molar-refractivity contribution in [1.82, 2.24) is 14.9 Å². The van der Waals surface area contributed by atoms with Crippen molar-refractivity contribution in [3.05, 3.63) is 12.4 Å². The van der Waals surface area contributed by atoms with Gasteiger partial charge in [-0.2, -0.15) is 0 Å². The Labute approximate surface area is 123 Å². The van der Waals surface area contributed by atoms with E-state index in [1.165, 1.54) is 13.0 Å². The first-order chi connectivity index (χ1) is 9.69. The quantitative estimate of drug-likeness (QED) is 0.690. The minimum absolute atomic E-state index is 0.414. The van der Waals surface area contributed by atoms with E-state index in [0.717, 1.165) is 37.7 Å². The highest BCUT2D eigenvalue weighted by Gasteiger charge is 2.05. The largest absolute Gasteiger partial charge is 0.369 e. The van der Waals surface area contributed by atoms with Crippen LogP contribution in [0.25, 0.3) is 0 Å². The number of anilines is 2. The molecule has 0 spiro atoms. The van der Waals surface area contributed by atoms with Gasteiger partial charge in [0.05, 0.1) is 12.4 Å². The van der Waals surface area contributed by atoms with E-state index in [9.17, 15) is 0 Å². The number of hydrogen-bond donors (Lipinski definition) is 2. The summed E-state index contributed by atoms with van der Waals surface area (Å²) in [7, 11) is 0. The standard InChI is InChI=1S/C15H29N5/c1-5-17-14-11-16-12-15(19-14)18-13(4)9-8-10-20(6-2)7-3/h11-13H,5-10H2,1-4H3,(H2,17,18,19). The number of nitrogens with one attached hydrogen (secondary N) is 2. The van der Waals surface area contributed by atoms with Gasteiger partial charge < -0.3 is 15.5 Å². The smallest absolute Gasteiger partial charge is 0.147 e. The Morgan fingerprint density at radius 3 is 2.50 bits per heavy atom. The summed E-state index contributed by atoms with van der Waals surface area (Å²) in [6.45, 7) is 13.0. The van der Waals surface area contributed by atoms with Gasteiger partial charge in [0, 0.05) is 12.6 Å². The van der Waals surface area contributed by atoms with Gasteiger partial charge in [0.1, 0.15) is 11.6 Å². The van der Waals surface area contributed by atoms with Gasteiger partial charge in [-0.25, -0.2) is 4.98 Å². The van der Waals surface area contributed by atoms with Crippen molar-refractivity contribution >= 4 is 11.6 Å². The van der Waals surface area contributed by atoms with Crippen molar-refractivity contribution in [1.29, 1.82) is 0 Å². The first kappa shape index (κ1) is 16.7. The predicted octanol–water partition coefficient (Wildman–Crippen LogP) is 2.83. The third-order valence-corrected chi connectivity index (χ3v) is 3.39. The molecule has 0 radical (unpaired) electrons. The lowest BCUT2D eigenvalue weighted by atomic mass is 10.2. The summed E-state index contributed by atoms with van der Waals surface area (Å²) in [6.07, 6.45) is 5.88. The van der Waals surface area contributed by atoms with Crippen molar-refractivity contribution in [2.24, 2.45) is 0 Å². The maximum Gasteiger partial charge on any atom is 0.147 e. The molecule has 1 heterocycles. The highest BCUT2D eigenvalue weighted by molar-refractivity contribution is 5.41. The molecule has 1 unspecified atom stereocenters. The van der Waals surface area contributed by atoms with Gasteiger partial charge in [0.25, 0.3) is 0 Å². The summed E-state index contributed by atoms with van der Waals surface area (Å²) in [4.78, 5) is 11.1. The zero-order valence-electron chi connectivity index (χ0n) is 13.3. The van der Waals surface area contributed by atoms with Crippen LogP contribution in [0.4, 0.5) is 11.6 Å². The monoisotopic (exact) mass is 279 g/mol. The zero-order valence-corrected chi connectivity index (χ0v) is 13.3. The summed E-state index contributed by atoms with van der Waals surface area (Å²) < 4.78 is 0. The molecular weight excluding hydrogens is 250 g/mol. The predicted molar refractivity (Wildman–Crippen MR) is 86.3 cm³/mol. The van der Waals surface area contributed by atoms with Crippen molar-refractivity contribution < 1.29 is 0 Å². The normalized spacial score (nSPS) is 12.4. The Bertz CT molecular complexity index is 365. The second kappa shape index (κ2) is 9.53. The van der Waals surface area contributed by atoms with Crippen LogP contribution in [0.15, 0.2) is 12.4 Å². The fraction of sp³-hybridized carbons (Fsp3) is 0.733. The number of aromatic nitrogens is 2. The lowest BCUT2D eigenvalue weighted by molar-refractivity contribution is 0.295. The fourth-order valence-electron chi connectivity index (χ4n) is 2.19. The minimum atomic E-state index is 0.414. The molecule has 0 fully saturated rings. The van der Waals surface area contributed by atoms with Gasteiger partial charge in [0.15, 0.2) is 0 Å². The molecule has 114 valence electrons. The van der Waals surface area contributed by atoms with Crippen LogP contribution in [0, 0.1) is 0 Å². The maximum absolute atomic E-state index is 4.48. The van der Waals surface area contributed by atoms with Gasteiger partial charge >= 0.3 is 0 Å². The molecule has 0 amide bonds. The Hall–Kier alpha value is -1.36. The van der Waals surface area contributed by atoms with Crippen molar-refractivity contribution in [2.75, 3.05) is 36.8 Å². The first-order valence-corrected chi connectivity index (χ1v) is 7.74. The van der Waals surface area contributed by atoms with Crippen LogP contribution in [-0.2, 0) is 0 Å². The van der Waals surface area contributed by atoms with Crippen LogP contribution in [0.5, 0.6) is 0 Å². The van der Waals surface area contributed by atoms with Gasteiger partial charge in [-0.3, -0.25) is 4.98 Å². The van der Waals surface area contributed by atoms with E-state index in [2.05, 4.69) is 53.2 Å². The van der Waals surface area contributed by atoms with E-state index in [4.69, 9.17) is 0 Å². The average Bonchev–Trinajstić information content (AvgIpc) is 2.44. The zero-order chi connectivity index (χ0) is 14.8. The van der Waals surface area contributed by atoms with Gasteiger partial charge in [-0.05, 0) is 46.3 Å². The molecule has 0 saturated heterocycles. The molecule has 2 N–H and O–H groups in total. The van der Waals surface area contributed by atoms with Crippen LogP contribution >= 0.6 is 0 Å². The summed E-state index contributed by atoms with van der Waals surface area (Å²) in [5.41, 5.74) is 0. The SMILES string of the molecule is CCNc1cncc(NC(C)CCCN(CC)CC)n1. The highest BCUT2D eigenvalue weighted by Crippen LogP contribution is 2.10. The second-order valence-corrected chi connectivity index (χ2v) is 5.03. The van der Waals surface area contributed by atoms with Gasteiger partial charge in [-0.15, -0.1) is 0 Å². The van der Waals surface area contributed by atoms with Crippen LogP contribution in [0.2, 0.25) is 0 Å². The molecule has 5 heteroatoms. The Morgan fingerprint density at radius 1 is 1.15 bits per heavy atom. The van der Waals surface area contributed by atoms with Crippen LogP contribution < -0.4 is 10.6 Å². The molecule has 1 aromatic heterocycles. The lowest BCUT2D eigenvalue weighted by Gasteiger charge is -2.20. The molecule has 0 aliphatic carbocycles. The third-order valence-electron chi connectivity index (χ3n) is 3.39. The molecule has 0 saturated carbocycles. The van der Waals surface area contributed by atoms with Crippen LogP contribution in [0.1, 0.15) is 40.5 Å². The fourth-order valence-corrected chi connectivity index (χ4v) is 2.19. The van der Waals surface area contributed by atoms with Crippen LogP contribution in [-0.4, -0.2) is 47.1 Å². The third kappa shape index (κ3) is 6.19. The topological polar surface area (TPSA) is 53.1 Å². The van der Waals surface area contributed by atoms with Gasteiger partial charge in [0.2, 0.25) is 0 Å². The second-order valence-electron chi connectivity index (χ2n) is 5.03. The molecule has 1 atom stereocenters. The van der Waals surface area contributed by atoms with Crippen LogP contribution in [0.3, 0.4) is 0 Å². The summed E-state index contributed by atoms with van der Waals surface area (Å²) in [6, 6.07) is 0.414. The minimum Gasteiger partial charge on any atom is -0.369 e. The number of rotatable bonds is 10. The first-order valence-electron chi connectivity index (χ1n) is 7.74. The summed E-state index contributed by atoms with van der Waals surface area (Å²) >= 11 is 0. The van der Waals surface area contributed by atoms with E-state index in [0.29, 0.717) is 6.04 Å². The van der Waals surface area contributed by atoms with E-state index < -0.39 is 0 Å². The molecule has 20 heavy (non-hydrogen) atoms. The highest BCUT2D eigenvalue weighted by atomic mass is 15.1. The van der Waals surface area contributed by atoms with E-state index in [1.807, 2.05) is 0 Å². The van der Waals surface area contributed by atoms with E-state index >= 15 is 0 Å². The Morgan fingerprint density at radius 2 is 1.85 bits per heavy atom. The summed E-state index contributed by atoms with van der Waals surface area (Å²) in [5.74, 6) is 1.67.